The number of rotatable bonds is 6. The first-order chi connectivity index (χ1) is 8.44. The minimum Gasteiger partial charge on any atom is -0.329 e. The van der Waals surface area contributed by atoms with Gasteiger partial charge in [-0.2, -0.15) is 0 Å². The molecule has 108 valence electrons. The van der Waals surface area contributed by atoms with E-state index in [1.165, 1.54) is 38.6 Å². The number of nitrogens with two attached hydrogens (primary N) is 1. The quantitative estimate of drug-likeness (QED) is 0.786. The Kier molecular flexibility index (Phi) is 6.13. The Labute approximate surface area is 114 Å². The van der Waals surface area contributed by atoms with Gasteiger partial charge in [0.05, 0.1) is 0 Å². The van der Waals surface area contributed by atoms with Gasteiger partial charge in [0, 0.05) is 12.1 Å². The standard InChI is InChI=1S/C16H34N2/c1-13(2)9-11-18(5)16(12-17)10-7-6-8-15(16)14(3)4/h13-15H,6-12,17H2,1-5H3. The van der Waals surface area contributed by atoms with Crippen LogP contribution in [0.5, 0.6) is 0 Å². The molecule has 0 aromatic carbocycles. The highest BCUT2D eigenvalue weighted by molar-refractivity contribution is 5.00. The number of hydrogen-bond donors (Lipinski definition) is 1. The van der Waals surface area contributed by atoms with E-state index in [2.05, 4.69) is 39.6 Å². The summed E-state index contributed by atoms with van der Waals surface area (Å²) < 4.78 is 0. The van der Waals surface area contributed by atoms with E-state index in [0.29, 0.717) is 0 Å². The fourth-order valence-electron chi connectivity index (χ4n) is 3.76. The second kappa shape index (κ2) is 6.91. The summed E-state index contributed by atoms with van der Waals surface area (Å²) in [5.41, 5.74) is 6.50. The van der Waals surface area contributed by atoms with Gasteiger partial charge in [-0.3, -0.25) is 4.90 Å². The Morgan fingerprint density at radius 3 is 2.39 bits per heavy atom. The third kappa shape index (κ3) is 3.48. The maximum Gasteiger partial charge on any atom is 0.0359 e. The monoisotopic (exact) mass is 254 g/mol. The van der Waals surface area contributed by atoms with Crippen molar-refractivity contribution in [2.75, 3.05) is 20.1 Å². The number of likely N-dealkylation sites (N-methyl/N-ethyl adjacent to an activating group) is 1. The lowest BCUT2D eigenvalue weighted by Crippen LogP contribution is -2.60. The second-order valence-electron chi connectivity index (χ2n) is 7.01. The zero-order valence-corrected chi connectivity index (χ0v) is 13.2. The second-order valence-corrected chi connectivity index (χ2v) is 7.01. The Morgan fingerprint density at radius 1 is 1.22 bits per heavy atom. The van der Waals surface area contributed by atoms with Crippen molar-refractivity contribution < 1.29 is 0 Å². The Morgan fingerprint density at radius 2 is 1.89 bits per heavy atom. The molecule has 0 amide bonds. The largest absolute Gasteiger partial charge is 0.329 e. The molecule has 0 aromatic rings. The molecule has 2 unspecified atom stereocenters. The van der Waals surface area contributed by atoms with Crippen LogP contribution in [0.15, 0.2) is 0 Å². The van der Waals surface area contributed by atoms with Crippen molar-refractivity contribution in [1.82, 2.24) is 4.90 Å². The molecular weight excluding hydrogens is 220 g/mol. The van der Waals surface area contributed by atoms with E-state index in [1.54, 1.807) is 0 Å². The first-order valence-electron chi connectivity index (χ1n) is 7.85. The van der Waals surface area contributed by atoms with Crippen molar-refractivity contribution >= 4 is 0 Å². The highest BCUT2D eigenvalue weighted by atomic mass is 15.2. The number of hydrogen-bond acceptors (Lipinski definition) is 2. The van der Waals surface area contributed by atoms with Crippen molar-refractivity contribution in [2.24, 2.45) is 23.5 Å². The van der Waals surface area contributed by atoms with Crippen LogP contribution in [0.25, 0.3) is 0 Å². The fourth-order valence-corrected chi connectivity index (χ4v) is 3.76. The number of nitrogens with zero attached hydrogens (tertiary/aromatic N) is 1. The van der Waals surface area contributed by atoms with Gasteiger partial charge in [0.1, 0.15) is 0 Å². The third-order valence-corrected chi connectivity index (χ3v) is 5.03. The lowest BCUT2D eigenvalue weighted by Gasteiger charge is -2.51. The lowest BCUT2D eigenvalue weighted by atomic mass is 9.67. The van der Waals surface area contributed by atoms with Gasteiger partial charge in [-0.25, -0.2) is 0 Å². The highest BCUT2D eigenvalue weighted by Gasteiger charge is 2.43. The lowest BCUT2D eigenvalue weighted by molar-refractivity contribution is 0.00110. The summed E-state index contributed by atoms with van der Waals surface area (Å²) in [4.78, 5) is 2.59. The fraction of sp³-hybridized carbons (Fsp3) is 1.00. The summed E-state index contributed by atoms with van der Waals surface area (Å²) in [5, 5.41) is 0. The van der Waals surface area contributed by atoms with Gasteiger partial charge in [0.2, 0.25) is 0 Å². The van der Waals surface area contributed by atoms with Crippen LogP contribution in [-0.2, 0) is 0 Å². The predicted molar refractivity (Wildman–Crippen MR) is 80.7 cm³/mol. The predicted octanol–water partition coefficient (Wildman–Crippen LogP) is 3.51. The molecule has 2 N–H and O–H groups in total. The van der Waals surface area contributed by atoms with E-state index >= 15 is 0 Å². The molecule has 0 radical (unpaired) electrons. The molecular formula is C16H34N2. The highest BCUT2D eigenvalue weighted by Crippen LogP contribution is 2.41. The summed E-state index contributed by atoms with van der Waals surface area (Å²) >= 11 is 0. The van der Waals surface area contributed by atoms with Crippen molar-refractivity contribution in [2.45, 2.75) is 65.3 Å². The first kappa shape index (κ1) is 16.0. The molecule has 1 saturated carbocycles. The van der Waals surface area contributed by atoms with Crippen LogP contribution in [0.3, 0.4) is 0 Å². The Balaban J connectivity index is 2.79. The van der Waals surface area contributed by atoms with Crippen molar-refractivity contribution in [3.8, 4) is 0 Å². The Hall–Kier alpha value is -0.0800. The van der Waals surface area contributed by atoms with Crippen LogP contribution < -0.4 is 5.73 Å². The van der Waals surface area contributed by atoms with E-state index in [9.17, 15) is 0 Å². The van der Waals surface area contributed by atoms with E-state index < -0.39 is 0 Å². The maximum atomic E-state index is 6.23. The normalized spacial score (nSPS) is 29.5. The molecule has 0 saturated heterocycles. The molecule has 2 atom stereocenters. The zero-order chi connectivity index (χ0) is 13.8. The van der Waals surface area contributed by atoms with E-state index in [-0.39, 0.29) is 5.54 Å². The first-order valence-corrected chi connectivity index (χ1v) is 7.85. The molecule has 2 heteroatoms. The molecule has 1 rings (SSSR count). The smallest absolute Gasteiger partial charge is 0.0359 e. The van der Waals surface area contributed by atoms with Gasteiger partial charge in [-0.05, 0) is 50.6 Å². The van der Waals surface area contributed by atoms with E-state index in [4.69, 9.17) is 5.73 Å². The average molecular weight is 254 g/mol. The zero-order valence-electron chi connectivity index (χ0n) is 13.2. The van der Waals surface area contributed by atoms with Gasteiger partial charge < -0.3 is 5.73 Å². The van der Waals surface area contributed by atoms with Crippen LogP contribution in [0.2, 0.25) is 0 Å². The summed E-state index contributed by atoms with van der Waals surface area (Å²) in [6.45, 7) is 11.4. The van der Waals surface area contributed by atoms with Crippen molar-refractivity contribution in [1.29, 1.82) is 0 Å². The SMILES string of the molecule is CC(C)CCN(C)C1(CN)CCCCC1C(C)C. The summed E-state index contributed by atoms with van der Waals surface area (Å²) in [7, 11) is 2.30. The molecule has 1 fully saturated rings. The molecule has 0 aromatic heterocycles. The van der Waals surface area contributed by atoms with Crippen LogP contribution in [0, 0.1) is 17.8 Å². The molecule has 0 spiro atoms. The molecule has 2 nitrogen and oxygen atoms in total. The summed E-state index contributed by atoms with van der Waals surface area (Å²) in [6, 6.07) is 0. The maximum absolute atomic E-state index is 6.23. The van der Waals surface area contributed by atoms with Crippen LogP contribution in [0.4, 0.5) is 0 Å². The van der Waals surface area contributed by atoms with Crippen molar-refractivity contribution in [3.05, 3.63) is 0 Å². The van der Waals surface area contributed by atoms with Gasteiger partial charge in [-0.15, -0.1) is 0 Å². The third-order valence-electron chi connectivity index (χ3n) is 5.03. The van der Waals surface area contributed by atoms with E-state index in [1.807, 2.05) is 0 Å². The summed E-state index contributed by atoms with van der Waals surface area (Å²) in [5.74, 6) is 2.30. The van der Waals surface area contributed by atoms with Crippen LogP contribution in [0.1, 0.15) is 59.8 Å². The molecule has 18 heavy (non-hydrogen) atoms. The van der Waals surface area contributed by atoms with Gasteiger partial charge in [0.25, 0.3) is 0 Å². The topological polar surface area (TPSA) is 29.3 Å². The average Bonchev–Trinajstić information content (AvgIpc) is 2.35. The van der Waals surface area contributed by atoms with Crippen LogP contribution >= 0.6 is 0 Å². The molecule has 0 aliphatic heterocycles. The Bertz CT molecular complexity index is 237. The van der Waals surface area contributed by atoms with Gasteiger partial charge in [0.15, 0.2) is 0 Å². The minimum absolute atomic E-state index is 0.265. The van der Waals surface area contributed by atoms with Gasteiger partial charge in [-0.1, -0.05) is 40.5 Å². The van der Waals surface area contributed by atoms with E-state index in [0.717, 1.165) is 24.3 Å². The minimum atomic E-state index is 0.265. The van der Waals surface area contributed by atoms with Crippen LogP contribution in [-0.4, -0.2) is 30.6 Å². The molecule has 0 heterocycles. The summed E-state index contributed by atoms with van der Waals surface area (Å²) in [6.07, 6.45) is 6.68. The molecule has 1 aliphatic carbocycles. The van der Waals surface area contributed by atoms with Crippen molar-refractivity contribution in [3.63, 3.8) is 0 Å². The molecule has 1 aliphatic rings. The molecule has 0 bridgehead atoms. The van der Waals surface area contributed by atoms with Gasteiger partial charge >= 0.3 is 0 Å².